The second-order valence-corrected chi connectivity index (χ2v) is 3.25. The van der Waals surface area contributed by atoms with Crippen LogP contribution in [0.15, 0.2) is 11.4 Å². The minimum atomic E-state index is 0.0266. The van der Waals surface area contributed by atoms with E-state index in [1.165, 1.54) is 10.4 Å². The zero-order chi connectivity index (χ0) is 7.56. The molecule has 0 aromatic carbocycles. The molecule has 0 saturated heterocycles. The van der Waals surface area contributed by atoms with Crippen LogP contribution in [0.3, 0.4) is 0 Å². The van der Waals surface area contributed by atoms with Gasteiger partial charge in [-0.25, -0.2) is 5.90 Å². The summed E-state index contributed by atoms with van der Waals surface area (Å²) in [7, 11) is 0. The van der Waals surface area contributed by atoms with Gasteiger partial charge in [0.15, 0.2) is 0 Å². The Kier molecular flexibility index (Phi) is 2.43. The second kappa shape index (κ2) is 3.14. The van der Waals surface area contributed by atoms with Gasteiger partial charge >= 0.3 is 0 Å². The van der Waals surface area contributed by atoms with Gasteiger partial charge in [-0.3, -0.25) is 4.84 Å². The maximum absolute atomic E-state index is 5.02. The molecular formula is C7H11NOS. The Morgan fingerprint density at radius 1 is 1.70 bits per heavy atom. The molecule has 0 aliphatic rings. The van der Waals surface area contributed by atoms with E-state index in [2.05, 4.69) is 23.2 Å². The van der Waals surface area contributed by atoms with Gasteiger partial charge in [-0.2, -0.15) is 0 Å². The molecule has 1 unspecified atom stereocenters. The van der Waals surface area contributed by atoms with E-state index in [1.807, 2.05) is 6.92 Å². The fraction of sp³-hybridized carbons (Fsp3) is 0.429. The Bertz CT molecular complexity index is 209. The smallest absolute Gasteiger partial charge is 0.110 e. The van der Waals surface area contributed by atoms with Crippen LogP contribution in [0.1, 0.15) is 23.5 Å². The standard InChI is InChI=1S/C7H11NOS/c1-5-3-7(10-4-5)6(2)9-8/h3-4,6H,8H2,1-2H3. The Morgan fingerprint density at radius 2 is 2.40 bits per heavy atom. The number of hydrogen-bond donors (Lipinski definition) is 1. The molecule has 0 spiro atoms. The van der Waals surface area contributed by atoms with E-state index in [4.69, 9.17) is 5.90 Å². The molecule has 1 aromatic heterocycles. The van der Waals surface area contributed by atoms with Crippen molar-refractivity contribution >= 4 is 11.3 Å². The summed E-state index contributed by atoms with van der Waals surface area (Å²) in [6.07, 6.45) is 0.0266. The summed E-state index contributed by atoms with van der Waals surface area (Å²) < 4.78 is 0. The van der Waals surface area contributed by atoms with Crippen molar-refractivity contribution in [1.82, 2.24) is 0 Å². The zero-order valence-corrected chi connectivity index (χ0v) is 6.94. The van der Waals surface area contributed by atoms with Gasteiger partial charge in [-0.15, -0.1) is 11.3 Å². The monoisotopic (exact) mass is 157 g/mol. The first kappa shape index (κ1) is 7.72. The fourth-order valence-electron chi connectivity index (χ4n) is 0.734. The molecular weight excluding hydrogens is 146 g/mol. The molecule has 0 aliphatic carbocycles. The van der Waals surface area contributed by atoms with Crippen LogP contribution in [0.2, 0.25) is 0 Å². The summed E-state index contributed by atoms with van der Waals surface area (Å²) in [6, 6.07) is 2.09. The highest BCUT2D eigenvalue weighted by atomic mass is 32.1. The third kappa shape index (κ3) is 1.56. The molecule has 0 amide bonds. The summed E-state index contributed by atoms with van der Waals surface area (Å²) in [6.45, 7) is 3.99. The normalized spacial score (nSPS) is 13.5. The minimum Gasteiger partial charge on any atom is -0.296 e. The van der Waals surface area contributed by atoms with Crippen LogP contribution >= 0.6 is 11.3 Å². The number of aryl methyl sites for hydroxylation is 1. The first-order valence-electron chi connectivity index (χ1n) is 3.14. The van der Waals surface area contributed by atoms with E-state index in [0.29, 0.717) is 0 Å². The molecule has 0 bridgehead atoms. The van der Waals surface area contributed by atoms with Crippen molar-refractivity contribution in [2.45, 2.75) is 20.0 Å². The largest absolute Gasteiger partial charge is 0.296 e. The molecule has 1 atom stereocenters. The van der Waals surface area contributed by atoms with Crippen molar-refractivity contribution in [3.63, 3.8) is 0 Å². The summed E-state index contributed by atoms with van der Waals surface area (Å²) in [5.74, 6) is 5.02. The Morgan fingerprint density at radius 3 is 2.80 bits per heavy atom. The molecule has 3 heteroatoms. The maximum Gasteiger partial charge on any atom is 0.110 e. The van der Waals surface area contributed by atoms with Crippen LogP contribution in [-0.4, -0.2) is 0 Å². The SMILES string of the molecule is Cc1csc(C(C)ON)c1. The highest BCUT2D eigenvalue weighted by molar-refractivity contribution is 7.10. The lowest BCUT2D eigenvalue weighted by atomic mass is 10.3. The molecule has 1 rings (SSSR count). The topological polar surface area (TPSA) is 35.2 Å². The Balaban J connectivity index is 2.74. The molecule has 0 aliphatic heterocycles. The maximum atomic E-state index is 5.02. The van der Waals surface area contributed by atoms with Crippen molar-refractivity contribution in [2.75, 3.05) is 0 Å². The molecule has 1 heterocycles. The Hall–Kier alpha value is -0.380. The average Bonchev–Trinajstić information content (AvgIpc) is 2.34. The summed E-state index contributed by atoms with van der Waals surface area (Å²) in [4.78, 5) is 5.84. The quantitative estimate of drug-likeness (QED) is 0.666. The summed E-state index contributed by atoms with van der Waals surface area (Å²) in [5.41, 5.74) is 1.27. The minimum absolute atomic E-state index is 0.0266. The lowest BCUT2D eigenvalue weighted by molar-refractivity contribution is 0.0689. The summed E-state index contributed by atoms with van der Waals surface area (Å²) in [5, 5.41) is 2.09. The average molecular weight is 157 g/mol. The van der Waals surface area contributed by atoms with Crippen LogP contribution in [0.5, 0.6) is 0 Å². The number of hydrogen-bond acceptors (Lipinski definition) is 3. The van der Waals surface area contributed by atoms with Gasteiger partial charge < -0.3 is 0 Å². The van der Waals surface area contributed by atoms with Crippen LogP contribution < -0.4 is 5.90 Å². The van der Waals surface area contributed by atoms with Crippen molar-refractivity contribution in [1.29, 1.82) is 0 Å². The first-order valence-corrected chi connectivity index (χ1v) is 4.02. The van der Waals surface area contributed by atoms with Gasteiger partial charge in [0.1, 0.15) is 6.10 Å². The first-order chi connectivity index (χ1) is 4.74. The van der Waals surface area contributed by atoms with Crippen molar-refractivity contribution in [3.8, 4) is 0 Å². The highest BCUT2D eigenvalue weighted by Gasteiger charge is 2.05. The van der Waals surface area contributed by atoms with E-state index < -0.39 is 0 Å². The number of nitrogens with two attached hydrogens (primary N) is 1. The molecule has 1 aromatic rings. The Labute approximate surface area is 64.6 Å². The predicted octanol–water partition coefficient (Wildman–Crippen LogP) is 2.01. The molecule has 56 valence electrons. The van der Waals surface area contributed by atoms with Crippen LogP contribution in [0.25, 0.3) is 0 Å². The lowest BCUT2D eigenvalue weighted by Gasteiger charge is -2.03. The van der Waals surface area contributed by atoms with E-state index in [-0.39, 0.29) is 6.10 Å². The molecule has 0 radical (unpaired) electrons. The van der Waals surface area contributed by atoms with E-state index in [1.54, 1.807) is 11.3 Å². The molecule has 10 heavy (non-hydrogen) atoms. The molecule has 0 saturated carbocycles. The molecule has 2 N–H and O–H groups in total. The predicted molar refractivity (Wildman–Crippen MR) is 42.7 cm³/mol. The summed E-state index contributed by atoms with van der Waals surface area (Å²) >= 11 is 1.68. The third-order valence-corrected chi connectivity index (χ3v) is 2.57. The number of rotatable bonds is 2. The van der Waals surface area contributed by atoms with Gasteiger partial charge in [0.05, 0.1) is 0 Å². The zero-order valence-electron chi connectivity index (χ0n) is 6.13. The highest BCUT2D eigenvalue weighted by Crippen LogP contribution is 2.22. The van der Waals surface area contributed by atoms with Crippen molar-refractivity contribution in [2.24, 2.45) is 5.90 Å². The van der Waals surface area contributed by atoms with Gasteiger partial charge in [0, 0.05) is 4.88 Å². The van der Waals surface area contributed by atoms with Crippen molar-refractivity contribution < 1.29 is 4.84 Å². The van der Waals surface area contributed by atoms with Crippen LogP contribution in [0.4, 0.5) is 0 Å². The van der Waals surface area contributed by atoms with Gasteiger partial charge in [0.2, 0.25) is 0 Å². The van der Waals surface area contributed by atoms with Gasteiger partial charge in [0.25, 0.3) is 0 Å². The van der Waals surface area contributed by atoms with Gasteiger partial charge in [-0.05, 0) is 30.9 Å². The van der Waals surface area contributed by atoms with E-state index in [9.17, 15) is 0 Å². The van der Waals surface area contributed by atoms with Crippen LogP contribution in [-0.2, 0) is 4.84 Å². The number of thiophene rings is 1. The van der Waals surface area contributed by atoms with E-state index >= 15 is 0 Å². The van der Waals surface area contributed by atoms with Crippen molar-refractivity contribution in [3.05, 3.63) is 21.9 Å². The second-order valence-electron chi connectivity index (χ2n) is 2.30. The fourth-order valence-corrected chi connectivity index (χ4v) is 1.62. The van der Waals surface area contributed by atoms with Gasteiger partial charge in [-0.1, -0.05) is 0 Å². The molecule has 0 fully saturated rings. The third-order valence-electron chi connectivity index (χ3n) is 1.36. The van der Waals surface area contributed by atoms with E-state index in [0.717, 1.165) is 0 Å². The lowest BCUT2D eigenvalue weighted by Crippen LogP contribution is -2.03. The van der Waals surface area contributed by atoms with Crippen LogP contribution in [0, 0.1) is 6.92 Å². The molecule has 2 nitrogen and oxygen atoms in total.